The Bertz CT molecular complexity index is 106. The highest BCUT2D eigenvalue weighted by molar-refractivity contribution is 4.64. The Hall–Kier alpha value is -0.0800. The molecule has 0 aliphatic rings. The molecule has 0 spiro atoms. The average Bonchev–Trinajstić information content (AvgIpc) is 1.84. The zero-order valence-electron chi connectivity index (χ0n) is 8.22. The molecule has 0 amide bonds. The van der Waals surface area contributed by atoms with Gasteiger partial charge in [-0.1, -0.05) is 27.7 Å². The molecule has 11 heavy (non-hydrogen) atoms. The topological polar surface area (TPSA) is 29.5 Å². The van der Waals surface area contributed by atoms with Crippen LogP contribution in [-0.4, -0.2) is 17.5 Å². The summed E-state index contributed by atoms with van der Waals surface area (Å²) in [6, 6.07) is 0. The van der Waals surface area contributed by atoms with E-state index < -0.39 is 5.79 Å². The highest BCUT2D eigenvalue weighted by atomic mass is 16.6. The SMILES string of the molecule is CC(C)COC(C)(O)C(C)C. The summed E-state index contributed by atoms with van der Waals surface area (Å²) in [4.78, 5) is 0. The van der Waals surface area contributed by atoms with Crippen molar-refractivity contribution in [3.8, 4) is 0 Å². The van der Waals surface area contributed by atoms with E-state index in [9.17, 15) is 5.11 Å². The Morgan fingerprint density at radius 3 is 2.00 bits per heavy atom. The standard InChI is InChI=1S/C9H20O2/c1-7(2)6-11-9(5,10)8(3)4/h7-8,10H,6H2,1-5H3. The lowest BCUT2D eigenvalue weighted by Gasteiger charge is -2.28. The van der Waals surface area contributed by atoms with Gasteiger partial charge in [-0.2, -0.15) is 0 Å². The number of aliphatic hydroxyl groups is 1. The minimum Gasteiger partial charge on any atom is -0.365 e. The lowest BCUT2D eigenvalue weighted by molar-refractivity contribution is -0.221. The average molecular weight is 160 g/mol. The van der Waals surface area contributed by atoms with Crippen molar-refractivity contribution in [2.24, 2.45) is 11.8 Å². The molecule has 0 bridgehead atoms. The third-order valence-electron chi connectivity index (χ3n) is 1.78. The van der Waals surface area contributed by atoms with Gasteiger partial charge in [-0.25, -0.2) is 0 Å². The Labute approximate surface area is 69.6 Å². The van der Waals surface area contributed by atoms with E-state index in [1.54, 1.807) is 6.92 Å². The van der Waals surface area contributed by atoms with Crippen LogP contribution in [0.1, 0.15) is 34.6 Å². The fourth-order valence-electron chi connectivity index (χ4n) is 0.502. The predicted molar refractivity (Wildman–Crippen MR) is 46.3 cm³/mol. The molecule has 2 nitrogen and oxygen atoms in total. The molecular weight excluding hydrogens is 140 g/mol. The first-order valence-electron chi connectivity index (χ1n) is 4.22. The van der Waals surface area contributed by atoms with Crippen molar-refractivity contribution < 1.29 is 9.84 Å². The van der Waals surface area contributed by atoms with Crippen LogP contribution in [0.4, 0.5) is 0 Å². The first-order chi connectivity index (χ1) is 4.86. The number of ether oxygens (including phenoxy) is 1. The van der Waals surface area contributed by atoms with Crippen LogP contribution < -0.4 is 0 Å². The van der Waals surface area contributed by atoms with Crippen molar-refractivity contribution in [1.82, 2.24) is 0 Å². The second-order valence-corrected chi connectivity index (χ2v) is 3.91. The van der Waals surface area contributed by atoms with Gasteiger partial charge in [0.1, 0.15) is 0 Å². The van der Waals surface area contributed by atoms with Gasteiger partial charge >= 0.3 is 0 Å². The number of rotatable bonds is 4. The summed E-state index contributed by atoms with van der Waals surface area (Å²) in [7, 11) is 0. The maximum absolute atomic E-state index is 9.62. The van der Waals surface area contributed by atoms with Crippen molar-refractivity contribution >= 4 is 0 Å². The van der Waals surface area contributed by atoms with Crippen LogP contribution in [-0.2, 0) is 4.74 Å². The molecule has 1 atom stereocenters. The van der Waals surface area contributed by atoms with Crippen LogP contribution in [0.5, 0.6) is 0 Å². The van der Waals surface area contributed by atoms with E-state index in [1.807, 2.05) is 13.8 Å². The maximum atomic E-state index is 9.62. The number of hydrogen-bond donors (Lipinski definition) is 1. The Morgan fingerprint density at radius 1 is 1.27 bits per heavy atom. The van der Waals surface area contributed by atoms with Gasteiger partial charge in [0.15, 0.2) is 5.79 Å². The van der Waals surface area contributed by atoms with Crippen molar-refractivity contribution in [2.45, 2.75) is 40.4 Å². The third kappa shape index (κ3) is 4.38. The molecule has 0 aromatic heterocycles. The zero-order valence-corrected chi connectivity index (χ0v) is 8.22. The summed E-state index contributed by atoms with van der Waals surface area (Å²) in [6.07, 6.45) is 0. The van der Waals surface area contributed by atoms with E-state index in [-0.39, 0.29) is 5.92 Å². The van der Waals surface area contributed by atoms with E-state index >= 15 is 0 Å². The van der Waals surface area contributed by atoms with Crippen molar-refractivity contribution in [3.63, 3.8) is 0 Å². The fraction of sp³-hybridized carbons (Fsp3) is 1.00. The molecule has 0 fully saturated rings. The highest BCUT2D eigenvalue weighted by Crippen LogP contribution is 2.18. The molecule has 0 aliphatic heterocycles. The lowest BCUT2D eigenvalue weighted by Crippen LogP contribution is -2.35. The summed E-state index contributed by atoms with van der Waals surface area (Å²) in [5.41, 5.74) is 0. The van der Waals surface area contributed by atoms with Gasteiger partial charge in [-0.15, -0.1) is 0 Å². The molecule has 0 radical (unpaired) electrons. The smallest absolute Gasteiger partial charge is 0.164 e. The molecule has 0 aromatic carbocycles. The van der Waals surface area contributed by atoms with Crippen molar-refractivity contribution in [1.29, 1.82) is 0 Å². The molecule has 2 heteroatoms. The quantitative estimate of drug-likeness (QED) is 0.637. The van der Waals surface area contributed by atoms with Gasteiger partial charge in [-0.05, 0) is 12.8 Å². The Morgan fingerprint density at radius 2 is 1.73 bits per heavy atom. The van der Waals surface area contributed by atoms with Crippen LogP contribution in [0.3, 0.4) is 0 Å². The summed E-state index contributed by atoms with van der Waals surface area (Å²) in [6.45, 7) is 10.3. The van der Waals surface area contributed by atoms with Crippen LogP contribution >= 0.6 is 0 Å². The Kier molecular flexibility index (Phi) is 4.04. The van der Waals surface area contributed by atoms with Crippen molar-refractivity contribution in [2.75, 3.05) is 6.61 Å². The summed E-state index contributed by atoms with van der Waals surface area (Å²) < 4.78 is 5.31. The van der Waals surface area contributed by atoms with Gasteiger partial charge < -0.3 is 9.84 Å². The molecule has 0 saturated heterocycles. The van der Waals surface area contributed by atoms with Crippen LogP contribution in [0.25, 0.3) is 0 Å². The summed E-state index contributed by atoms with van der Waals surface area (Å²) >= 11 is 0. The second kappa shape index (κ2) is 4.07. The normalized spacial score (nSPS) is 17.5. The third-order valence-corrected chi connectivity index (χ3v) is 1.78. The molecule has 0 rings (SSSR count). The summed E-state index contributed by atoms with van der Waals surface area (Å²) in [5, 5.41) is 9.62. The first-order valence-corrected chi connectivity index (χ1v) is 4.22. The predicted octanol–water partition coefficient (Wildman–Crippen LogP) is 2.02. The van der Waals surface area contributed by atoms with E-state index in [1.165, 1.54) is 0 Å². The lowest BCUT2D eigenvalue weighted by atomic mass is 10.1. The van der Waals surface area contributed by atoms with Gasteiger partial charge in [0.2, 0.25) is 0 Å². The van der Waals surface area contributed by atoms with Gasteiger partial charge in [0.05, 0.1) is 6.61 Å². The maximum Gasteiger partial charge on any atom is 0.164 e. The minimum atomic E-state index is -0.968. The van der Waals surface area contributed by atoms with E-state index in [0.29, 0.717) is 12.5 Å². The van der Waals surface area contributed by atoms with Crippen molar-refractivity contribution in [3.05, 3.63) is 0 Å². The molecule has 1 unspecified atom stereocenters. The van der Waals surface area contributed by atoms with Gasteiger partial charge in [-0.3, -0.25) is 0 Å². The molecule has 0 aliphatic carbocycles. The highest BCUT2D eigenvalue weighted by Gasteiger charge is 2.25. The van der Waals surface area contributed by atoms with Gasteiger partial charge in [0.25, 0.3) is 0 Å². The Balaban J connectivity index is 3.73. The van der Waals surface area contributed by atoms with Crippen LogP contribution in [0, 0.1) is 11.8 Å². The zero-order chi connectivity index (χ0) is 9.07. The molecule has 68 valence electrons. The molecule has 0 saturated carbocycles. The van der Waals surface area contributed by atoms with Gasteiger partial charge in [0, 0.05) is 5.92 Å². The van der Waals surface area contributed by atoms with E-state index in [2.05, 4.69) is 13.8 Å². The van der Waals surface area contributed by atoms with Crippen LogP contribution in [0.15, 0.2) is 0 Å². The second-order valence-electron chi connectivity index (χ2n) is 3.91. The monoisotopic (exact) mass is 160 g/mol. The molecule has 1 N–H and O–H groups in total. The fourth-order valence-corrected chi connectivity index (χ4v) is 0.502. The minimum absolute atomic E-state index is 0.140. The van der Waals surface area contributed by atoms with E-state index in [0.717, 1.165) is 0 Å². The molecule has 0 aromatic rings. The summed E-state index contributed by atoms with van der Waals surface area (Å²) in [5.74, 6) is -0.356. The number of hydrogen-bond acceptors (Lipinski definition) is 2. The molecule has 0 heterocycles. The molecular formula is C9H20O2. The van der Waals surface area contributed by atoms with Crippen LogP contribution in [0.2, 0.25) is 0 Å². The van der Waals surface area contributed by atoms with E-state index in [4.69, 9.17) is 4.74 Å². The first kappa shape index (κ1) is 10.9. The largest absolute Gasteiger partial charge is 0.365 e.